The zero-order chi connectivity index (χ0) is 23.6. The maximum absolute atomic E-state index is 13.1. The second-order valence-electron chi connectivity index (χ2n) is 7.73. The highest BCUT2D eigenvalue weighted by Crippen LogP contribution is 2.08. The predicted molar refractivity (Wildman–Crippen MR) is 122 cm³/mol. The molecular formula is C24H27N5O4. The highest BCUT2D eigenvalue weighted by molar-refractivity contribution is 5.92. The molecule has 9 heteroatoms. The molecule has 0 fully saturated rings. The Balaban J connectivity index is 1.72. The number of hydrogen-bond donors (Lipinski definition) is 5. The number of nitrogens with two attached hydrogens (primary N) is 1. The van der Waals surface area contributed by atoms with E-state index in [-0.39, 0.29) is 19.3 Å². The summed E-state index contributed by atoms with van der Waals surface area (Å²) in [5, 5.41) is 14.9. The molecule has 3 atom stereocenters. The van der Waals surface area contributed by atoms with Gasteiger partial charge in [0, 0.05) is 31.2 Å². The number of carbonyl (C=O) groups is 3. The maximum Gasteiger partial charge on any atom is 0.326 e. The molecule has 0 saturated heterocycles. The molecule has 9 nitrogen and oxygen atoms in total. The number of nitrogens with zero attached hydrogens (tertiary/aromatic N) is 1. The van der Waals surface area contributed by atoms with Gasteiger partial charge in [0.25, 0.3) is 0 Å². The lowest BCUT2D eigenvalue weighted by Crippen LogP contribution is -2.55. The smallest absolute Gasteiger partial charge is 0.326 e. The summed E-state index contributed by atoms with van der Waals surface area (Å²) in [7, 11) is 0. The topological polar surface area (TPSA) is 150 Å². The summed E-state index contributed by atoms with van der Waals surface area (Å²) in [6, 6.07) is 15.1. The Morgan fingerprint density at radius 3 is 1.91 bits per heavy atom. The molecule has 0 aliphatic rings. The zero-order valence-electron chi connectivity index (χ0n) is 18.0. The van der Waals surface area contributed by atoms with Gasteiger partial charge in [-0.05, 0) is 11.1 Å². The van der Waals surface area contributed by atoms with E-state index < -0.39 is 35.9 Å². The third kappa shape index (κ3) is 7.29. The minimum absolute atomic E-state index is 0.118. The van der Waals surface area contributed by atoms with Crippen LogP contribution in [-0.2, 0) is 33.6 Å². The lowest BCUT2D eigenvalue weighted by molar-refractivity contribution is -0.142. The van der Waals surface area contributed by atoms with Gasteiger partial charge in [0.1, 0.15) is 12.1 Å². The number of nitrogens with one attached hydrogen (secondary N) is 3. The Morgan fingerprint density at radius 2 is 1.39 bits per heavy atom. The molecule has 0 radical (unpaired) electrons. The number of imidazole rings is 1. The van der Waals surface area contributed by atoms with Gasteiger partial charge in [-0.15, -0.1) is 0 Å². The minimum atomic E-state index is -1.16. The van der Waals surface area contributed by atoms with Crippen LogP contribution < -0.4 is 16.4 Å². The number of aromatic nitrogens is 2. The molecule has 172 valence electrons. The SMILES string of the molecule is N[C@@H](Cc1cnc[nH]1)C(=O)N[C@@H](Cc1ccccc1)C(=O)N[C@@H](Cc1ccccc1)C(=O)O. The Morgan fingerprint density at radius 1 is 0.848 bits per heavy atom. The van der Waals surface area contributed by atoms with Gasteiger partial charge in [-0.25, -0.2) is 9.78 Å². The number of rotatable bonds is 11. The molecule has 0 bridgehead atoms. The van der Waals surface area contributed by atoms with Gasteiger partial charge >= 0.3 is 5.97 Å². The van der Waals surface area contributed by atoms with Crippen molar-refractivity contribution in [3.05, 3.63) is 90.0 Å². The number of H-pyrrole nitrogens is 1. The molecule has 0 saturated carbocycles. The quantitative estimate of drug-likeness (QED) is 0.292. The van der Waals surface area contributed by atoms with Gasteiger partial charge < -0.3 is 26.5 Å². The van der Waals surface area contributed by atoms with E-state index in [1.165, 1.54) is 6.33 Å². The van der Waals surface area contributed by atoms with Crippen LogP contribution in [0.1, 0.15) is 16.8 Å². The fourth-order valence-corrected chi connectivity index (χ4v) is 3.39. The van der Waals surface area contributed by atoms with E-state index in [9.17, 15) is 19.5 Å². The van der Waals surface area contributed by atoms with Crippen molar-refractivity contribution in [1.29, 1.82) is 0 Å². The van der Waals surface area contributed by atoms with Gasteiger partial charge in [0.2, 0.25) is 11.8 Å². The lowest BCUT2D eigenvalue weighted by Gasteiger charge is -2.23. The van der Waals surface area contributed by atoms with E-state index in [0.29, 0.717) is 5.69 Å². The van der Waals surface area contributed by atoms with Gasteiger partial charge in [0.15, 0.2) is 0 Å². The fourth-order valence-electron chi connectivity index (χ4n) is 3.39. The van der Waals surface area contributed by atoms with Gasteiger partial charge in [-0.2, -0.15) is 0 Å². The van der Waals surface area contributed by atoms with E-state index in [1.807, 2.05) is 36.4 Å². The van der Waals surface area contributed by atoms with E-state index in [2.05, 4.69) is 20.6 Å². The highest BCUT2D eigenvalue weighted by Gasteiger charge is 2.28. The summed E-state index contributed by atoms with van der Waals surface area (Å²) in [5.41, 5.74) is 8.29. The van der Waals surface area contributed by atoms with Crippen molar-refractivity contribution in [3.63, 3.8) is 0 Å². The van der Waals surface area contributed by atoms with Crippen molar-refractivity contribution < 1.29 is 19.5 Å². The van der Waals surface area contributed by atoms with Gasteiger partial charge in [-0.1, -0.05) is 60.7 Å². The first-order valence-electron chi connectivity index (χ1n) is 10.6. The van der Waals surface area contributed by atoms with Gasteiger partial charge in [-0.3, -0.25) is 9.59 Å². The normalized spacial score (nSPS) is 13.5. The van der Waals surface area contributed by atoms with Crippen molar-refractivity contribution in [1.82, 2.24) is 20.6 Å². The molecule has 0 aliphatic heterocycles. The monoisotopic (exact) mass is 449 g/mol. The largest absolute Gasteiger partial charge is 0.480 e. The lowest BCUT2D eigenvalue weighted by atomic mass is 10.0. The molecule has 3 aromatic rings. The minimum Gasteiger partial charge on any atom is -0.480 e. The van der Waals surface area contributed by atoms with Crippen LogP contribution in [0, 0.1) is 0 Å². The first-order chi connectivity index (χ1) is 15.9. The fraction of sp³-hybridized carbons (Fsp3) is 0.250. The predicted octanol–water partition coefficient (Wildman–Crippen LogP) is 0.819. The van der Waals surface area contributed by atoms with Crippen LogP contribution in [-0.4, -0.2) is 51.0 Å². The molecule has 2 aromatic carbocycles. The molecule has 0 aliphatic carbocycles. The van der Waals surface area contributed by atoms with Crippen molar-refractivity contribution in [2.75, 3.05) is 0 Å². The highest BCUT2D eigenvalue weighted by atomic mass is 16.4. The third-order valence-electron chi connectivity index (χ3n) is 5.14. The van der Waals surface area contributed by atoms with E-state index in [4.69, 9.17) is 5.73 Å². The zero-order valence-corrected chi connectivity index (χ0v) is 18.0. The van der Waals surface area contributed by atoms with Crippen LogP contribution in [0.25, 0.3) is 0 Å². The van der Waals surface area contributed by atoms with Crippen LogP contribution >= 0.6 is 0 Å². The van der Waals surface area contributed by atoms with Crippen LogP contribution in [0.5, 0.6) is 0 Å². The van der Waals surface area contributed by atoms with E-state index in [1.54, 1.807) is 30.5 Å². The Kier molecular flexibility index (Phi) is 8.31. The summed E-state index contributed by atoms with van der Waals surface area (Å²) in [4.78, 5) is 44.4. The Hall–Kier alpha value is -3.98. The molecular weight excluding hydrogens is 422 g/mol. The van der Waals surface area contributed by atoms with Crippen molar-refractivity contribution in [3.8, 4) is 0 Å². The second kappa shape index (κ2) is 11.6. The third-order valence-corrected chi connectivity index (χ3v) is 5.14. The van der Waals surface area contributed by atoms with Crippen LogP contribution in [0.15, 0.2) is 73.2 Å². The molecule has 0 spiro atoms. The summed E-state index contributed by atoms with van der Waals surface area (Å²) in [6.45, 7) is 0. The standard InChI is InChI=1S/C24H27N5O4/c25-19(13-18-14-26-15-27-18)22(30)28-20(11-16-7-3-1-4-8-16)23(31)29-21(24(32)33)12-17-9-5-2-6-10-17/h1-10,14-15,19-21H,11-13,25H2,(H,26,27)(H,28,30)(H,29,31)(H,32,33)/t19-,20-,21-/m0/s1. The van der Waals surface area contributed by atoms with Crippen molar-refractivity contribution >= 4 is 17.8 Å². The summed E-state index contributed by atoms with van der Waals surface area (Å²) in [6.07, 6.45) is 3.59. The molecule has 6 N–H and O–H groups in total. The number of carboxylic acids is 1. The Bertz CT molecular complexity index is 1040. The number of benzene rings is 2. The average molecular weight is 450 g/mol. The molecule has 0 unspecified atom stereocenters. The molecule has 33 heavy (non-hydrogen) atoms. The molecule has 1 aromatic heterocycles. The number of aliphatic carboxylic acids is 1. The number of hydrogen-bond acceptors (Lipinski definition) is 5. The number of amides is 2. The van der Waals surface area contributed by atoms with Crippen molar-refractivity contribution in [2.45, 2.75) is 37.4 Å². The number of carboxylic acid groups (broad SMARTS) is 1. The number of aromatic amines is 1. The summed E-state index contributed by atoms with van der Waals surface area (Å²) >= 11 is 0. The first-order valence-corrected chi connectivity index (χ1v) is 10.6. The van der Waals surface area contributed by atoms with Crippen molar-refractivity contribution in [2.24, 2.45) is 5.73 Å². The first kappa shape index (κ1) is 23.7. The number of carbonyl (C=O) groups excluding carboxylic acids is 2. The van der Waals surface area contributed by atoms with E-state index in [0.717, 1.165) is 11.1 Å². The van der Waals surface area contributed by atoms with E-state index >= 15 is 0 Å². The molecule has 2 amide bonds. The van der Waals surface area contributed by atoms with Crippen LogP contribution in [0.2, 0.25) is 0 Å². The second-order valence-corrected chi connectivity index (χ2v) is 7.73. The summed E-state index contributed by atoms with van der Waals surface area (Å²) in [5.74, 6) is -2.27. The Labute approximate surface area is 191 Å². The molecule has 1 heterocycles. The molecule has 3 rings (SSSR count). The average Bonchev–Trinajstić information content (AvgIpc) is 3.32. The van der Waals surface area contributed by atoms with Crippen LogP contribution in [0.4, 0.5) is 0 Å². The summed E-state index contributed by atoms with van der Waals surface area (Å²) < 4.78 is 0. The maximum atomic E-state index is 13.1. The van der Waals surface area contributed by atoms with Gasteiger partial charge in [0.05, 0.1) is 12.4 Å². The van der Waals surface area contributed by atoms with Crippen LogP contribution in [0.3, 0.4) is 0 Å².